The summed E-state index contributed by atoms with van der Waals surface area (Å²) in [6.07, 6.45) is 3.10. The summed E-state index contributed by atoms with van der Waals surface area (Å²) in [5.41, 5.74) is 0. The Morgan fingerprint density at radius 1 is 1.67 bits per heavy atom. The molecule has 0 saturated heterocycles. The van der Waals surface area contributed by atoms with Crippen LogP contribution in [0.3, 0.4) is 0 Å². The molecule has 1 unspecified atom stereocenters. The summed E-state index contributed by atoms with van der Waals surface area (Å²) in [4.78, 5) is 11.4. The zero-order valence-electron chi connectivity index (χ0n) is 9.07. The van der Waals surface area contributed by atoms with Crippen LogP contribution in [0.4, 0.5) is 0 Å². The molecule has 5 heteroatoms. The fourth-order valence-corrected chi connectivity index (χ4v) is 2.20. The Hall–Kier alpha value is -0.260. The molecule has 0 aromatic heterocycles. The Labute approximate surface area is 94.8 Å². The first-order valence-corrected chi connectivity index (χ1v) is 6.46. The summed E-state index contributed by atoms with van der Waals surface area (Å²) < 4.78 is 4.73. The largest absolute Gasteiger partial charge is 0.468 e. The van der Waals surface area contributed by atoms with Gasteiger partial charge in [-0.2, -0.15) is 11.8 Å². The van der Waals surface area contributed by atoms with Crippen molar-refractivity contribution in [1.29, 1.82) is 0 Å². The number of hydrogen-bond donors (Lipinski definition) is 2. The lowest BCUT2D eigenvalue weighted by molar-refractivity contribution is -0.142. The highest BCUT2D eigenvalue weighted by atomic mass is 32.2. The van der Waals surface area contributed by atoms with E-state index in [1.54, 1.807) is 11.8 Å². The van der Waals surface area contributed by atoms with Crippen molar-refractivity contribution in [2.45, 2.75) is 31.3 Å². The molecule has 15 heavy (non-hydrogen) atoms. The third-order valence-electron chi connectivity index (χ3n) is 2.23. The molecular weight excluding hydrogens is 214 g/mol. The van der Waals surface area contributed by atoms with Gasteiger partial charge in [-0.25, -0.2) is 0 Å². The Bertz CT molecular complexity index is 197. The molecule has 1 saturated carbocycles. The van der Waals surface area contributed by atoms with E-state index in [0.29, 0.717) is 6.04 Å². The third-order valence-corrected chi connectivity index (χ3v) is 3.38. The highest BCUT2D eigenvalue weighted by molar-refractivity contribution is 7.99. The second-order valence-electron chi connectivity index (χ2n) is 3.67. The van der Waals surface area contributed by atoms with E-state index < -0.39 is 0 Å². The van der Waals surface area contributed by atoms with Gasteiger partial charge in [0.15, 0.2) is 0 Å². The molecule has 0 spiro atoms. The van der Waals surface area contributed by atoms with Crippen LogP contribution in [-0.2, 0) is 9.53 Å². The summed E-state index contributed by atoms with van der Waals surface area (Å²) in [7, 11) is 1.42. The average Bonchev–Trinajstić information content (AvgIpc) is 3.05. The van der Waals surface area contributed by atoms with E-state index in [-0.39, 0.29) is 18.6 Å². The highest BCUT2D eigenvalue weighted by Crippen LogP contribution is 2.20. The Morgan fingerprint density at radius 3 is 2.93 bits per heavy atom. The quantitative estimate of drug-likeness (QED) is 0.469. The fraction of sp³-hybridized carbons (Fsp3) is 0.900. The van der Waals surface area contributed by atoms with Crippen LogP contribution in [0.2, 0.25) is 0 Å². The number of esters is 1. The van der Waals surface area contributed by atoms with Gasteiger partial charge in [0.1, 0.15) is 6.04 Å². The lowest BCUT2D eigenvalue weighted by Gasteiger charge is -2.15. The minimum atomic E-state index is -0.189. The Morgan fingerprint density at radius 2 is 2.40 bits per heavy atom. The second kappa shape index (κ2) is 7.09. The SMILES string of the molecule is COC(=O)C(CSCCCO)NC1CC1. The maximum atomic E-state index is 11.4. The van der Waals surface area contributed by atoms with E-state index in [0.717, 1.165) is 30.8 Å². The number of methoxy groups -OCH3 is 1. The molecule has 0 heterocycles. The van der Waals surface area contributed by atoms with Crippen LogP contribution in [-0.4, -0.2) is 48.4 Å². The Balaban J connectivity index is 2.18. The van der Waals surface area contributed by atoms with Crippen molar-refractivity contribution in [1.82, 2.24) is 5.32 Å². The van der Waals surface area contributed by atoms with Gasteiger partial charge in [0.05, 0.1) is 7.11 Å². The van der Waals surface area contributed by atoms with Crippen molar-refractivity contribution in [3.63, 3.8) is 0 Å². The first-order valence-electron chi connectivity index (χ1n) is 5.30. The van der Waals surface area contributed by atoms with Crippen LogP contribution >= 0.6 is 11.8 Å². The molecule has 0 radical (unpaired) electrons. The van der Waals surface area contributed by atoms with Gasteiger partial charge >= 0.3 is 5.97 Å². The molecule has 1 aliphatic carbocycles. The van der Waals surface area contributed by atoms with E-state index in [1.807, 2.05) is 0 Å². The maximum Gasteiger partial charge on any atom is 0.323 e. The summed E-state index contributed by atoms with van der Waals surface area (Å²) in [5.74, 6) is 1.43. The van der Waals surface area contributed by atoms with E-state index in [9.17, 15) is 4.79 Å². The van der Waals surface area contributed by atoms with Gasteiger partial charge in [0.2, 0.25) is 0 Å². The van der Waals surface area contributed by atoms with E-state index in [4.69, 9.17) is 9.84 Å². The van der Waals surface area contributed by atoms with Crippen molar-refractivity contribution >= 4 is 17.7 Å². The lowest BCUT2D eigenvalue weighted by Crippen LogP contribution is -2.41. The summed E-state index contributed by atoms with van der Waals surface area (Å²) >= 11 is 1.68. The summed E-state index contributed by atoms with van der Waals surface area (Å²) in [5, 5.41) is 11.9. The van der Waals surface area contributed by atoms with Crippen molar-refractivity contribution in [2.75, 3.05) is 25.2 Å². The van der Waals surface area contributed by atoms with Crippen LogP contribution in [0.25, 0.3) is 0 Å². The van der Waals surface area contributed by atoms with Gasteiger partial charge in [-0.15, -0.1) is 0 Å². The van der Waals surface area contributed by atoms with Crippen molar-refractivity contribution in [2.24, 2.45) is 0 Å². The van der Waals surface area contributed by atoms with E-state index in [2.05, 4.69) is 5.32 Å². The number of rotatable bonds is 8. The molecule has 88 valence electrons. The smallest absolute Gasteiger partial charge is 0.323 e. The number of hydrogen-bond acceptors (Lipinski definition) is 5. The highest BCUT2D eigenvalue weighted by Gasteiger charge is 2.28. The predicted octanol–water partition coefficient (Wildman–Crippen LogP) is 0.396. The first kappa shape index (κ1) is 12.8. The van der Waals surface area contributed by atoms with E-state index >= 15 is 0 Å². The second-order valence-corrected chi connectivity index (χ2v) is 4.82. The van der Waals surface area contributed by atoms with Crippen LogP contribution < -0.4 is 5.32 Å². The minimum absolute atomic E-state index is 0.182. The fourth-order valence-electron chi connectivity index (χ4n) is 1.23. The summed E-state index contributed by atoms with van der Waals surface area (Å²) in [6.45, 7) is 0.214. The third kappa shape index (κ3) is 5.39. The average molecular weight is 233 g/mol. The number of aliphatic hydroxyl groups is 1. The number of nitrogens with one attached hydrogen (secondary N) is 1. The molecule has 0 aromatic rings. The topological polar surface area (TPSA) is 58.6 Å². The molecule has 0 aromatic carbocycles. The molecule has 4 nitrogen and oxygen atoms in total. The van der Waals surface area contributed by atoms with Crippen LogP contribution in [0.5, 0.6) is 0 Å². The van der Waals surface area contributed by atoms with Crippen LogP contribution in [0.15, 0.2) is 0 Å². The van der Waals surface area contributed by atoms with Gasteiger partial charge in [0, 0.05) is 18.4 Å². The van der Waals surface area contributed by atoms with Gasteiger partial charge in [-0.05, 0) is 25.0 Å². The van der Waals surface area contributed by atoms with Crippen LogP contribution in [0.1, 0.15) is 19.3 Å². The molecule has 1 aliphatic rings. The van der Waals surface area contributed by atoms with Crippen molar-refractivity contribution in [3.05, 3.63) is 0 Å². The molecule has 1 fully saturated rings. The van der Waals surface area contributed by atoms with Gasteiger partial charge in [-0.3, -0.25) is 4.79 Å². The van der Waals surface area contributed by atoms with Crippen molar-refractivity contribution in [3.8, 4) is 0 Å². The zero-order valence-corrected chi connectivity index (χ0v) is 9.89. The normalized spacial score (nSPS) is 17.5. The standard InChI is InChI=1S/C10H19NO3S/c1-14-10(13)9(11-8-3-4-8)7-15-6-2-5-12/h8-9,11-12H,2-7H2,1H3. The predicted molar refractivity (Wildman–Crippen MR) is 61.0 cm³/mol. The van der Waals surface area contributed by atoms with Gasteiger partial charge < -0.3 is 15.2 Å². The number of ether oxygens (including phenoxy) is 1. The number of aliphatic hydroxyl groups excluding tert-OH is 1. The Kier molecular flexibility index (Phi) is 6.05. The van der Waals surface area contributed by atoms with Crippen LogP contribution in [0, 0.1) is 0 Å². The molecule has 1 rings (SSSR count). The van der Waals surface area contributed by atoms with Gasteiger partial charge in [0.25, 0.3) is 0 Å². The minimum Gasteiger partial charge on any atom is -0.468 e. The molecule has 1 atom stereocenters. The van der Waals surface area contributed by atoms with Crippen molar-refractivity contribution < 1.29 is 14.6 Å². The molecule has 0 bridgehead atoms. The monoisotopic (exact) mass is 233 g/mol. The number of thioether (sulfide) groups is 1. The molecule has 0 aliphatic heterocycles. The first-order chi connectivity index (χ1) is 7.27. The molecule has 0 amide bonds. The maximum absolute atomic E-state index is 11.4. The summed E-state index contributed by atoms with van der Waals surface area (Å²) in [6, 6.07) is 0.318. The van der Waals surface area contributed by atoms with E-state index in [1.165, 1.54) is 7.11 Å². The lowest BCUT2D eigenvalue weighted by atomic mass is 10.3. The zero-order chi connectivity index (χ0) is 11.1. The van der Waals surface area contributed by atoms with Gasteiger partial charge in [-0.1, -0.05) is 0 Å². The number of carbonyl (C=O) groups excluding carboxylic acids is 1. The molecule has 2 N–H and O–H groups in total. The number of carbonyl (C=O) groups is 1. The molecular formula is C10H19NO3S.